The molecule has 0 radical (unpaired) electrons. The molecule has 17 heavy (non-hydrogen) atoms. The molecule has 0 saturated carbocycles. The number of hydrogen-bond acceptors (Lipinski definition) is 2. The van der Waals surface area contributed by atoms with E-state index in [1.54, 1.807) is 24.3 Å². The van der Waals surface area contributed by atoms with Crippen molar-refractivity contribution in [2.75, 3.05) is 5.32 Å². The second-order valence-electron chi connectivity index (χ2n) is 3.39. The summed E-state index contributed by atoms with van der Waals surface area (Å²) in [6.45, 7) is -2.33. The average molecular weight is 258 g/mol. The molecule has 0 atom stereocenters. The Morgan fingerprint density at radius 1 is 1.29 bits per heavy atom. The standard InChI is InChI=1S/C11H10ClF2N3/c12-8-1-3-9(4-2-8)16-7-10-15-5-6-17(10)11(13)14/h1-6,11,16H,7H2. The number of alkyl halides is 2. The van der Waals surface area contributed by atoms with Crippen LogP contribution in [-0.2, 0) is 6.54 Å². The maximum Gasteiger partial charge on any atom is 0.319 e. The first-order valence-corrected chi connectivity index (χ1v) is 5.34. The van der Waals surface area contributed by atoms with Crippen molar-refractivity contribution in [3.63, 3.8) is 0 Å². The van der Waals surface area contributed by atoms with E-state index in [0.717, 1.165) is 10.3 Å². The van der Waals surface area contributed by atoms with Crippen molar-refractivity contribution in [2.24, 2.45) is 0 Å². The van der Waals surface area contributed by atoms with Crippen LogP contribution in [0.5, 0.6) is 0 Å². The van der Waals surface area contributed by atoms with Crippen LogP contribution in [0, 0.1) is 0 Å². The quantitative estimate of drug-likeness (QED) is 0.908. The summed E-state index contributed by atoms with van der Waals surface area (Å²) in [6, 6.07) is 7.00. The molecule has 0 amide bonds. The normalized spacial score (nSPS) is 10.8. The smallest absolute Gasteiger partial charge is 0.319 e. The molecular weight excluding hydrogens is 248 g/mol. The maximum atomic E-state index is 12.5. The topological polar surface area (TPSA) is 29.9 Å². The van der Waals surface area contributed by atoms with Gasteiger partial charge in [-0.25, -0.2) is 4.98 Å². The van der Waals surface area contributed by atoms with Crippen LogP contribution >= 0.6 is 11.6 Å². The molecule has 0 aliphatic rings. The number of hydrogen-bond donors (Lipinski definition) is 1. The van der Waals surface area contributed by atoms with E-state index < -0.39 is 6.55 Å². The zero-order chi connectivity index (χ0) is 12.3. The third-order valence-electron chi connectivity index (χ3n) is 2.25. The Morgan fingerprint density at radius 2 is 2.00 bits per heavy atom. The summed E-state index contributed by atoms with van der Waals surface area (Å²) in [5, 5.41) is 3.62. The highest BCUT2D eigenvalue weighted by molar-refractivity contribution is 6.30. The first kappa shape index (κ1) is 11.9. The Hall–Kier alpha value is -1.62. The monoisotopic (exact) mass is 257 g/mol. The molecule has 0 unspecified atom stereocenters. The molecule has 1 aromatic carbocycles. The summed E-state index contributed by atoms with van der Waals surface area (Å²) < 4.78 is 25.9. The molecule has 2 rings (SSSR count). The van der Waals surface area contributed by atoms with Gasteiger partial charge in [0.2, 0.25) is 0 Å². The largest absolute Gasteiger partial charge is 0.378 e. The van der Waals surface area contributed by atoms with Gasteiger partial charge in [0, 0.05) is 23.1 Å². The molecule has 0 aliphatic heterocycles. The van der Waals surface area contributed by atoms with Crippen LogP contribution in [0.3, 0.4) is 0 Å². The average Bonchev–Trinajstić information content (AvgIpc) is 2.76. The molecule has 1 N–H and O–H groups in total. The lowest BCUT2D eigenvalue weighted by Crippen LogP contribution is -2.08. The van der Waals surface area contributed by atoms with Gasteiger partial charge in [0.25, 0.3) is 0 Å². The second kappa shape index (κ2) is 5.14. The zero-order valence-electron chi connectivity index (χ0n) is 8.78. The van der Waals surface area contributed by atoms with Gasteiger partial charge in [0.1, 0.15) is 5.82 Å². The van der Waals surface area contributed by atoms with Gasteiger partial charge >= 0.3 is 6.55 Å². The molecule has 0 fully saturated rings. The van der Waals surface area contributed by atoms with Crippen LogP contribution in [0.25, 0.3) is 0 Å². The van der Waals surface area contributed by atoms with Crippen molar-refractivity contribution < 1.29 is 8.78 Å². The lowest BCUT2D eigenvalue weighted by molar-refractivity contribution is 0.0673. The highest BCUT2D eigenvalue weighted by atomic mass is 35.5. The van der Waals surface area contributed by atoms with E-state index in [1.807, 2.05) is 0 Å². The molecule has 3 nitrogen and oxygen atoms in total. The maximum absolute atomic E-state index is 12.5. The molecule has 0 bridgehead atoms. The number of benzene rings is 1. The van der Waals surface area contributed by atoms with E-state index in [9.17, 15) is 8.78 Å². The minimum absolute atomic E-state index is 0.235. The fourth-order valence-electron chi connectivity index (χ4n) is 1.41. The van der Waals surface area contributed by atoms with Gasteiger partial charge in [0.15, 0.2) is 0 Å². The fraction of sp³-hybridized carbons (Fsp3) is 0.182. The first-order valence-electron chi connectivity index (χ1n) is 4.96. The van der Waals surface area contributed by atoms with Crippen molar-refractivity contribution in [3.8, 4) is 0 Å². The molecular formula is C11H10ClF2N3. The van der Waals surface area contributed by atoms with Crippen molar-refractivity contribution in [1.29, 1.82) is 0 Å². The summed E-state index contributed by atoms with van der Waals surface area (Å²) in [7, 11) is 0. The third kappa shape index (κ3) is 2.94. The van der Waals surface area contributed by atoms with E-state index in [4.69, 9.17) is 11.6 Å². The van der Waals surface area contributed by atoms with Crippen LogP contribution in [-0.4, -0.2) is 9.55 Å². The molecule has 0 aliphatic carbocycles. The Labute approximate surface area is 102 Å². The van der Waals surface area contributed by atoms with Crippen LogP contribution in [0.15, 0.2) is 36.7 Å². The van der Waals surface area contributed by atoms with E-state index in [2.05, 4.69) is 10.3 Å². The van der Waals surface area contributed by atoms with E-state index in [-0.39, 0.29) is 12.4 Å². The van der Waals surface area contributed by atoms with E-state index in [1.165, 1.54) is 12.4 Å². The highest BCUT2D eigenvalue weighted by Gasteiger charge is 2.10. The van der Waals surface area contributed by atoms with Crippen LogP contribution in [0.2, 0.25) is 5.02 Å². The fourth-order valence-corrected chi connectivity index (χ4v) is 1.53. The number of nitrogens with one attached hydrogen (secondary N) is 1. The molecule has 0 saturated heterocycles. The Morgan fingerprint density at radius 3 is 2.65 bits per heavy atom. The van der Waals surface area contributed by atoms with Gasteiger partial charge in [-0.3, -0.25) is 4.57 Å². The summed E-state index contributed by atoms with van der Waals surface area (Å²) in [6.07, 6.45) is 2.61. The number of aromatic nitrogens is 2. The molecule has 6 heteroatoms. The number of anilines is 1. The van der Waals surface area contributed by atoms with Gasteiger partial charge in [-0.1, -0.05) is 11.6 Å². The predicted molar refractivity (Wildman–Crippen MR) is 62.3 cm³/mol. The SMILES string of the molecule is FC(F)n1ccnc1CNc1ccc(Cl)cc1. The van der Waals surface area contributed by atoms with Crippen LogP contribution in [0.4, 0.5) is 14.5 Å². The Balaban J connectivity index is 2.02. The first-order chi connectivity index (χ1) is 8.16. The van der Waals surface area contributed by atoms with Gasteiger partial charge < -0.3 is 5.32 Å². The summed E-state index contributed by atoms with van der Waals surface area (Å²) in [5.74, 6) is 0.287. The third-order valence-corrected chi connectivity index (χ3v) is 2.51. The molecule has 1 aromatic heterocycles. The van der Waals surface area contributed by atoms with Crippen molar-refractivity contribution >= 4 is 17.3 Å². The van der Waals surface area contributed by atoms with Gasteiger partial charge in [-0.15, -0.1) is 0 Å². The predicted octanol–water partition coefficient (Wildman–Crippen LogP) is 3.54. The van der Waals surface area contributed by atoms with Gasteiger partial charge in [-0.2, -0.15) is 8.78 Å². The molecule has 2 aromatic rings. The molecule has 0 spiro atoms. The van der Waals surface area contributed by atoms with E-state index >= 15 is 0 Å². The number of imidazole rings is 1. The van der Waals surface area contributed by atoms with Crippen LogP contribution in [0.1, 0.15) is 12.4 Å². The Bertz CT molecular complexity index is 482. The lowest BCUT2D eigenvalue weighted by atomic mass is 10.3. The lowest BCUT2D eigenvalue weighted by Gasteiger charge is -2.08. The number of nitrogens with zero attached hydrogens (tertiary/aromatic N) is 2. The van der Waals surface area contributed by atoms with Crippen LogP contribution < -0.4 is 5.32 Å². The zero-order valence-corrected chi connectivity index (χ0v) is 9.53. The highest BCUT2D eigenvalue weighted by Crippen LogP contribution is 2.16. The number of rotatable bonds is 4. The Kier molecular flexibility index (Phi) is 3.58. The van der Waals surface area contributed by atoms with Crippen molar-refractivity contribution in [1.82, 2.24) is 9.55 Å². The summed E-state index contributed by atoms with van der Waals surface area (Å²) in [5.41, 5.74) is 0.804. The summed E-state index contributed by atoms with van der Waals surface area (Å²) >= 11 is 5.73. The minimum Gasteiger partial charge on any atom is -0.378 e. The summed E-state index contributed by atoms with van der Waals surface area (Å²) in [4.78, 5) is 3.86. The molecule has 90 valence electrons. The van der Waals surface area contributed by atoms with Crippen molar-refractivity contribution in [3.05, 3.63) is 47.5 Å². The minimum atomic E-state index is -2.57. The molecule has 1 heterocycles. The van der Waals surface area contributed by atoms with Gasteiger partial charge in [0.05, 0.1) is 6.54 Å². The van der Waals surface area contributed by atoms with Gasteiger partial charge in [-0.05, 0) is 24.3 Å². The second-order valence-corrected chi connectivity index (χ2v) is 3.83. The van der Waals surface area contributed by atoms with E-state index in [0.29, 0.717) is 5.02 Å². The number of halogens is 3. The van der Waals surface area contributed by atoms with Crippen molar-refractivity contribution in [2.45, 2.75) is 13.1 Å².